The van der Waals surface area contributed by atoms with Crippen LogP contribution in [0.25, 0.3) is 0 Å². The quantitative estimate of drug-likeness (QED) is 0.431. The van der Waals surface area contributed by atoms with Crippen LogP contribution < -0.4 is 0 Å². The summed E-state index contributed by atoms with van der Waals surface area (Å²) in [5.74, 6) is 0. The molecule has 48 valence electrons. The highest BCUT2D eigenvalue weighted by molar-refractivity contribution is 5.20. The standard InChI is InChI=1S/C9H12/c1-2-6-9(5-1)7-3-4-8-9/h1,3,5,7H,2,4,6,8H2. The Bertz CT molecular complexity index is 143. The summed E-state index contributed by atoms with van der Waals surface area (Å²) in [4.78, 5) is 0. The molecule has 0 bridgehead atoms. The van der Waals surface area contributed by atoms with Crippen molar-refractivity contribution < 1.29 is 0 Å². The minimum Gasteiger partial charge on any atom is -0.0876 e. The molecule has 0 aromatic rings. The lowest BCUT2D eigenvalue weighted by molar-refractivity contribution is 0.472. The number of hydrogen-bond acceptors (Lipinski definition) is 0. The van der Waals surface area contributed by atoms with Crippen LogP contribution in [-0.4, -0.2) is 0 Å². The third-order valence-electron chi connectivity index (χ3n) is 2.45. The summed E-state index contributed by atoms with van der Waals surface area (Å²) in [6, 6.07) is 0. The molecule has 0 heterocycles. The van der Waals surface area contributed by atoms with E-state index in [1.165, 1.54) is 25.7 Å². The van der Waals surface area contributed by atoms with Gasteiger partial charge >= 0.3 is 0 Å². The van der Waals surface area contributed by atoms with Gasteiger partial charge in [-0.05, 0) is 25.7 Å². The van der Waals surface area contributed by atoms with E-state index in [9.17, 15) is 0 Å². The largest absolute Gasteiger partial charge is 0.0876 e. The van der Waals surface area contributed by atoms with Crippen LogP contribution in [0.2, 0.25) is 0 Å². The molecule has 2 aliphatic rings. The third-order valence-corrected chi connectivity index (χ3v) is 2.45. The molecule has 0 unspecified atom stereocenters. The van der Waals surface area contributed by atoms with Crippen LogP contribution in [0.15, 0.2) is 24.3 Å². The number of allylic oxidation sites excluding steroid dienone is 4. The average molecular weight is 120 g/mol. The Morgan fingerprint density at radius 2 is 1.44 bits per heavy atom. The van der Waals surface area contributed by atoms with E-state index in [0.717, 1.165) is 0 Å². The molecule has 2 aliphatic carbocycles. The Kier molecular flexibility index (Phi) is 1.01. The van der Waals surface area contributed by atoms with Crippen molar-refractivity contribution in [2.75, 3.05) is 0 Å². The normalized spacial score (nSPS) is 28.4. The van der Waals surface area contributed by atoms with Gasteiger partial charge in [0.15, 0.2) is 0 Å². The maximum absolute atomic E-state index is 2.39. The van der Waals surface area contributed by atoms with Crippen molar-refractivity contribution in [2.24, 2.45) is 5.41 Å². The molecule has 0 aromatic heterocycles. The first-order valence-corrected chi connectivity index (χ1v) is 3.77. The van der Waals surface area contributed by atoms with E-state index in [4.69, 9.17) is 0 Å². The molecular formula is C9H12. The molecule has 0 atom stereocenters. The molecule has 0 heteroatoms. The monoisotopic (exact) mass is 120 g/mol. The van der Waals surface area contributed by atoms with Crippen LogP contribution in [0.5, 0.6) is 0 Å². The lowest BCUT2D eigenvalue weighted by Gasteiger charge is -2.16. The molecule has 0 amide bonds. The fraction of sp³-hybridized carbons (Fsp3) is 0.556. The minimum absolute atomic E-state index is 0.528. The van der Waals surface area contributed by atoms with Gasteiger partial charge in [0.05, 0.1) is 0 Å². The second-order valence-electron chi connectivity index (χ2n) is 3.12. The summed E-state index contributed by atoms with van der Waals surface area (Å²) in [6.45, 7) is 0. The summed E-state index contributed by atoms with van der Waals surface area (Å²) >= 11 is 0. The molecule has 2 rings (SSSR count). The zero-order valence-electron chi connectivity index (χ0n) is 5.64. The van der Waals surface area contributed by atoms with E-state index < -0.39 is 0 Å². The summed E-state index contributed by atoms with van der Waals surface area (Å²) < 4.78 is 0. The van der Waals surface area contributed by atoms with Crippen molar-refractivity contribution in [2.45, 2.75) is 25.7 Å². The highest BCUT2D eigenvalue weighted by Crippen LogP contribution is 2.41. The maximum Gasteiger partial charge on any atom is 0.00668 e. The van der Waals surface area contributed by atoms with Gasteiger partial charge in [-0.2, -0.15) is 0 Å². The van der Waals surface area contributed by atoms with Crippen LogP contribution in [-0.2, 0) is 0 Å². The summed E-state index contributed by atoms with van der Waals surface area (Å²) in [6.07, 6.45) is 14.7. The van der Waals surface area contributed by atoms with E-state index in [1.54, 1.807) is 0 Å². The Hall–Kier alpha value is -0.520. The Balaban J connectivity index is 2.23. The van der Waals surface area contributed by atoms with Gasteiger partial charge in [-0.1, -0.05) is 24.3 Å². The smallest absolute Gasteiger partial charge is 0.00668 e. The molecule has 9 heavy (non-hydrogen) atoms. The SMILES string of the molecule is C1=CC2(C=CCC2)CC1. The van der Waals surface area contributed by atoms with Crippen molar-refractivity contribution >= 4 is 0 Å². The van der Waals surface area contributed by atoms with Crippen molar-refractivity contribution in [3.8, 4) is 0 Å². The van der Waals surface area contributed by atoms with E-state index in [0.29, 0.717) is 5.41 Å². The van der Waals surface area contributed by atoms with Crippen molar-refractivity contribution in [3.05, 3.63) is 24.3 Å². The predicted octanol–water partition coefficient (Wildman–Crippen LogP) is 2.67. The van der Waals surface area contributed by atoms with Crippen LogP contribution in [0.1, 0.15) is 25.7 Å². The van der Waals surface area contributed by atoms with Gasteiger partial charge in [0.2, 0.25) is 0 Å². The Labute approximate surface area is 56.3 Å². The first-order chi connectivity index (χ1) is 4.41. The molecule has 0 aromatic carbocycles. The van der Waals surface area contributed by atoms with E-state index in [2.05, 4.69) is 24.3 Å². The molecule has 0 aliphatic heterocycles. The first kappa shape index (κ1) is 5.28. The van der Waals surface area contributed by atoms with Gasteiger partial charge in [0, 0.05) is 5.41 Å². The first-order valence-electron chi connectivity index (χ1n) is 3.77. The van der Waals surface area contributed by atoms with Crippen molar-refractivity contribution in [1.82, 2.24) is 0 Å². The summed E-state index contributed by atoms with van der Waals surface area (Å²) in [5.41, 5.74) is 0.528. The Morgan fingerprint density at radius 1 is 0.889 bits per heavy atom. The molecule has 0 nitrogen and oxygen atoms in total. The summed E-state index contributed by atoms with van der Waals surface area (Å²) in [5, 5.41) is 0. The van der Waals surface area contributed by atoms with Crippen LogP contribution >= 0.6 is 0 Å². The lowest BCUT2D eigenvalue weighted by Crippen LogP contribution is -2.05. The van der Waals surface area contributed by atoms with E-state index in [-0.39, 0.29) is 0 Å². The minimum atomic E-state index is 0.528. The molecule has 0 N–H and O–H groups in total. The lowest BCUT2D eigenvalue weighted by atomic mass is 9.87. The Morgan fingerprint density at radius 3 is 1.78 bits per heavy atom. The molecular weight excluding hydrogens is 108 g/mol. The van der Waals surface area contributed by atoms with Crippen molar-refractivity contribution in [1.29, 1.82) is 0 Å². The van der Waals surface area contributed by atoms with Gasteiger partial charge in [-0.3, -0.25) is 0 Å². The number of rotatable bonds is 0. The van der Waals surface area contributed by atoms with Crippen molar-refractivity contribution in [3.63, 3.8) is 0 Å². The van der Waals surface area contributed by atoms with Crippen LogP contribution in [0.3, 0.4) is 0 Å². The van der Waals surface area contributed by atoms with E-state index >= 15 is 0 Å². The second kappa shape index (κ2) is 1.73. The van der Waals surface area contributed by atoms with Crippen LogP contribution in [0.4, 0.5) is 0 Å². The van der Waals surface area contributed by atoms with Gasteiger partial charge < -0.3 is 0 Å². The highest BCUT2D eigenvalue weighted by atomic mass is 14.3. The fourth-order valence-corrected chi connectivity index (χ4v) is 1.85. The van der Waals surface area contributed by atoms with Gasteiger partial charge in [-0.15, -0.1) is 0 Å². The topological polar surface area (TPSA) is 0 Å². The van der Waals surface area contributed by atoms with Gasteiger partial charge in [-0.25, -0.2) is 0 Å². The third kappa shape index (κ3) is 0.735. The molecule has 0 saturated heterocycles. The molecule has 0 fully saturated rings. The second-order valence-corrected chi connectivity index (χ2v) is 3.12. The molecule has 1 spiro atoms. The molecule has 0 saturated carbocycles. The zero-order chi connectivity index (χ0) is 6.16. The molecule has 0 radical (unpaired) electrons. The summed E-state index contributed by atoms with van der Waals surface area (Å²) in [7, 11) is 0. The zero-order valence-corrected chi connectivity index (χ0v) is 5.64. The predicted molar refractivity (Wildman–Crippen MR) is 39.2 cm³/mol. The van der Waals surface area contributed by atoms with Gasteiger partial charge in [0.1, 0.15) is 0 Å². The maximum atomic E-state index is 2.39. The van der Waals surface area contributed by atoms with Gasteiger partial charge in [0.25, 0.3) is 0 Å². The highest BCUT2D eigenvalue weighted by Gasteiger charge is 2.28. The van der Waals surface area contributed by atoms with Crippen LogP contribution in [0, 0.1) is 5.41 Å². The van der Waals surface area contributed by atoms with E-state index in [1.807, 2.05) is 0 Å². The average Bonchev–Trinajstić information content (AvgIpc) is 2.45. The fourth-order valence-electron chi connectivity index (χ4n) is 1.85. The number of hydrogen-bond donors (Lipinski definition) is 0.